The van der Waals surface area contributed by atoms with E-state index in [1.807, 2.05) is 56.3 Å². The van der Waals surface area contributed by atoms with Gasteiger partial charge in [-0.3, -0.25) is 9.78 Å². The van der Waals surface area contributed by atoms with E-state index >= 15 is 0 Å². The molecule has 0 N–H and O–H groups in total. The highest BCUT2D eigenvalue weighted by molar-refractivity contribution is 6.06. The summed E-state index contributed by atoms with van der Waals surface area (Å²) in [5.74, 6) is -0.929. The Morgan fingerprint density at radius 3 is 2.48 bits per heavy atom. The smallest absolute Gasteiger partial charge is 0.339 e. The number of carbonyl (C=O) groups is 2. The fourth-order valence-electron chi connectivity index (χ4n) is 3.59. The Morgan fingerprint density at radius 1 is 1.13 bits per heavy atom. The summed E-state index contributed by atoms with van der Waals surface area (Å²) in [5.41, 5.74) is 3.39. The van der Waals surface area contributed by atoms with Crippen molar-refractivity contribution in [3.63, 3.8) is 0 Å². The van der Waals surface area contributed by atoms with Crippen molar-refractivity contribution in [2.45, 2.75) is 39.7 Å². The van der Waals surface area contributed by atoms with Gasteiger partial charge < -0.3 is 9.64 Å². The van der Waals surface area contributed by atoms with Crippen LogP contribution < -0.4 is 4.90 Å². The van der Waals surface area contributed by atoms with Crippen LogP contribution >= 0.6 is 0 Å². The Bertz CT molecular complexity index is 1140. The minimum absolute atomic E-state index is 0.176. The van der Waals surface area contributed by atoms with Crippen LogP contribution in [-0.4, -0.2) is 29.5 Å². The molecule has 0 aliphatic carbocycles. The quantitative estimate of drug-likeness (QED) is 0.527. The molecule has 3 rings (SSSR count). The molecule has 0 aliphatic heterocycles. The molecule has 1 heterocycles. The van der Waals surface area contributed by atoms with Gasteiger partial charge in [-0.1, -0.05) is 43.3 Å². The molecule has 1 atom stereocenters. The monoisotopic (exact) mass is 415 g/mol. The van der Waals surface area contributed by atoms with Crippen LogP contribution in [0.5, 0.6) is 0 Å². The normalized spacial score (nSPS) is 11.5. The van der Waals surface area contributed by atoms with Crippen LogP contribution in [0.15, 0.2) is 54.6 Å². The molecule has 0 fully saturated rings. The van der Waals surface area contributed by atoms with Gasteiger partial charge in [0.15, 0.2) is 6.10 Å². The molecule has 0 unspecified atom stereocenters. The number of aryl methyl sites for hydroxylation is 1. The first-order valence-corrected chi connectivity index (χ1v) is 10.3. The first-order chi connectivity index (χ1) is 15.0. The fourth-order valence-corrected chi connectivity index (χ4v) is 3.59. The van der Waals surface area contributed by atoms with Crippen molar-refractivity contribution in [3.05, 3.63) is 71.4 Å². The topological polar surface area (TPSA) is 83.3 Å². The first kappa shape index (κ1) is 22.0. The highest BCUT2D eigenvalue weighted by Crippen LogP contribution is 2.25. The zero-order chi connectivity index (χ0) is 22.4. The van der Waals surface area contributed by atoms with Crippen molar-refractivity contribution in [2.24, 2.45) is 0 Å². The molecule has 1 aromatic heterocycles. The number of nitrogens with zero attached hydrogens (tertiary/aromatic N) is 3. The molecule has 0 radical (unpaired) electrons. The molecule has 6 nitrogen and oxygen atoms in total. The van der Waals surface area contributed by atoms with Gasteiger partial charge in [-0.15, -0.1) is 0 Å². The minimum atomic E-state index is -1.01. The van der Waals surface area contributed by atoms with Gasteiger partial charge in [-0.05, 0) is 44.0 Å². The third-order valence-corrected chi connectivity index (χ3v) is 5.19. The zero-order valence-electron chi connectivity index (χ0n) is 18.0. The molecule has 0 bridgehead atoms. The molecule has 0 saturated carbocycles. The fraction of sp³-hybridized carbons (Fsp3) is 0.280. The van der Waals surface area contributed by atoms with Gasteiger partial charge in [0.1, 0.15) is 0 Å². The summed E-state index contributed by atoms with van der Waals surface area (Å²) in [6.45, 7) is 5.61. The first-order valence-electron chi connectivity index (χ1n) is 10.3. The summed E-state index contributed by atoms with van der Waals surface area (Å²) in [7, 11) is 0. The number of esters is 1. The van der Waals surface area contributed by atoms with Crippen LogP contribution in [0.25, 0.3) is 10.9 Å². The van der Waals surface area contributed by atoms with Gasteiger partial charge >= 0.3 is 5.97 Å². The van der Waals surface area contributed by atoms with Crippen molar-refractivity contribution in [2.75, 3.05) is 11.4 Å². The van der Waals surface area contributed by atoms with Crippen molar-refractivity contribution in [3.8, 4) is 6.07 Å². The van der Waals surface area contributed by atoms with Crippen LogP contribution in [0.2, 0.25) is 0 Å². The number of fused-ring (bicyclic) bond motifs is 1. The molecule has 3 aromatic rings. The number of hydrogen-bond donors (Lipinski definition) is 0. The molecular formula is C25H25N3O3. The molecule has 0 saturated heterocycles. The van der Waals surface area contributed by atoms with Gasteiger partial charge in [0.25, 0.3) is 5.91 Å². The SMILES string of the molecule is CCc1nc2ccccc2c(C(=O)O[C@H](C)C(=O)N(CCC#N)c2ccccc2)c1C. The van der Waals surface area contributed by atoms with Crippen LogP contribution in [0.3, 0.4) is 0 Å². The molecule has 158 valence electrons. The third-order valence-electron chi connectivity index (χ3n) is 5.19. The van der Waals surface area contributed by atoms with E-state index < -0.39 is 12.1 Å². The van der Waals surface area contributed by atoms with E-state index in [-0.39, 0.29) is 18.9 Å². The highest BCUT2D eigenvalue weighted by Gasteiger charge is 2.27. The van der Waals surface area contributed by atoms with Crippen molar-refractivity contribution in [1.82, 2.24) is 4.98 Å². The molecular weight excluding hydrogens is 390 g/mol. The van der Waals surface area contributed by atoms with Gasteiger partial charge in [0, 0.05) is 23.3 Å². The second-order valence-corrected chi connectivity index (χ2v) is 7.21. The predicted molar refractivity (Wildman–Crippen MR) is 120 cm³/mol. The Balaban J connectivity index is 1.90. The van der Waals surface area contributed by atoms with E-state index in [0.717, 1.165) is 16.8 Å². The molecule has 0 spiro atoms. The number of nitriles is 1. The van der Waals surface area contributed by atoms with E-state index in [0.29, 0.717) is 23.1 Å². The van der Waals surface area contributed by atoms with Crippen molar-refractivity contribution < 1.29 is 14.3 Å². The van der Waals surface area contributed by atoms with Crippen molar-refractivity contribution in [1.29, 1.82) is 5.26 Å². The second kappa shape index (κ2) is 9.86. The maximum atomic E-state index is 13.2. The third kappa shape index (κ3) is 4.72. The number of anilines is 1. The Morgan fingerprint density at radius 2 is 1.81 bits per heavy atom. The number of rotatable bonds is 7. The average molecular weight is 415 g/mol. The largest absolute Gasteiger partial charge is 0.449 e. The van der Waals surface area contributed by atoms with E-state index in [1.54, 1.807) is 19.1 Å². The average Bonchev–Trinajstić information content (AvgIpc) is 2.79. The van der Waals surface area contributed by atoms with E-state index in [2.05, 4.69) is 11.1 Å². The van der Waals surface area contributed by atoms with Gasteiger partial charge in [0.05, 0.1) is 23.6 Å². The van der Waals surface area contributed by atoms with Crippen LogP contribution in [0.1, 0.15) is 41.9 Å². The number of aromatic nitrogens is 1. The number of amides is 1. The number of pyridine rings is 1. The number of hydrogen-bond acceptors (Lipinski definition) is 5. The van der Waals surface area contributed by atoms with Crippen LogP contribution in [0.4, 0.5) is 5.69 Å². The Labute approximate surface area is 182 Å². The van der Waals surface area contributed by atoms with Crippen LogP contribution in [-0.2, 0) is 16.0 Å². The molecule has 2 aromatic carbocycles. The van der Waals surface area contributed by atoms with Gasteiger partial charge in [-0.25, -0.2) is 4.79 Å². The lowest BCUT2D eigenvalue weighted by molar-refractivity contribution is -0.126. The standard InChI is InChI=1S/C25H25N3O3/c1-4-21-17(2)23(20-13-8-9-14-22(20)27-21)25(30)31-18(3)24(29)28(16-10-15-26)19-11-6-5-7-12-19/h5-9,11-14,18H,4,10,16H2,1-3H3/t18-/m1/s1. The number of para-hydroxylation sites is 2. The highest BCUT2D eigenvalue weighted by atomic mass is 16.5. The zero-order valence-corrected chi connectivity index (χ0v) is 18.0. The lowest BCUT2D eigenvalue weighted by atomic mass is 10.0. The summed E-state index contributed by atoms with van der Waals surface area (Å²) in [4.78, 5) is 32.4. The Kier molecular flexibility index (Phi) is 6.99. The van der Waals surface area contributed by atoms with E-state index in [1.165, 1.54) is 4.90 Å². The maximum Gasteiger partial charge on any atom is 0.339 e. The Hall–Kier alpha value is -3.72. The van der Waals surface area contributed by atoms with E-state index in [9.17, 15) is 9.59 Å². The summed E-state index contributed by atoms with van der Waals surface area (Å²) in [5, 5.41) is 9.68. The van der Waals surface area contributed by atoms with Gasteiger partial charge in [-0.2, -0.15) is 5.26 Å². The lowest BCUT2D eigenvalue weighted by Crippen LogP contribution is -2.40. The van der Waals surface area contributed by atoms with E-state index in [4.69, 9.17) is 10.00 Å². The summed E-state index contributed by atoms with van der Waals surface area (Å²) >= 11 is 0. The molecule has 31 heavy (non-hydrogen) atoms. The van der Waals surface area contributed by atoms with Gasteiger partial charge in [0.2, 0.25) is 0 Å². The van der Waals surface area contributed by atoms with Crippen LogP contribution in [0, 0.1) is 18.3 Å². The number of benzene rings is 2. The summed E-state index contributed by atoms with van der Waals surface area (Å²) < 4.78 is 5.63. The molecule has 6 heteroatoms. The minimum Gasteiger partial charge on any atom is -0.449 e. The lowest BCUT2D eigenvalue weighted by Gasteiger charge is -2.25. The predicted octanol–water partition coefficient (Wildman–Crippen LogP) is 4.60. The maximum absolute atomic E-state index is 13.2. The summed E-state index contributed by atoms with van der Waals surface area (Å²) in [6, 6.07) is 18.5. The van der Waals surface area contributed by atoms with Crippen molar-refractivity contribution >= 4 is 28.5 Å². The molecule has 0 aliphatic rings. The number of ether oxygens (including phenoxy) is 1. The summed E-state index contributed by atoms with van der Waals surface area (Å²) in [6.07, 6.45) is -0.154. The number of carbonyl (C=O) groups excluding carboxylic acids is 2. The molecule has 1 amide bonds. The second-order valence-electron chi connectivity index (χ2n) is 7.21.